The van der Waals surface area contributed by atoms with E-state index in [4.69, 9.17) is 14.1 Å². The summed E-state index contributed by atoms with van der Waals surface area (Å²) >= 11 is 0. The van der Waals surface area contributed by atoms with Crippen LogP contribution in [0.1, 0.15) is 35.9 Å². The van der Waals surface area contributed by atoms with Crippen molar-refractivity contribution in [1.82, 2.24) is 9.88 Å². The number of aryl methyl sites for hydroxylation is 1. The van der Waals surface area contributed by atoms with Crippen LogP contribution in [0.15, 0.2) is 59.0 Å². The maximum atomic E-state index is 5.93. The molecular formula is C22H24N2O2. The van der Waals surface area contributed by atoms with E-state index in [1.54, 1.807) is 7.11 Å². The Morgan fingerprint density at radius 2 is 1.88 bits per heavy atom. The van der Waals surface area contributed by atoms with Gasteiger partial charge in [-0.25, -0.2) is 4.98 Å². The van der Waals surface area contributed by atoms with Gasteiger partial charge in [0.1, 0.15) is 11.5 Å². The third-order valence-electron chi connectivity index (χ3n) is 5.13. The minimum Gasteiger partial charge on any atom is -0.497 e. The Bertz CT molecular complexity index is 856. The molecule has 0 N–H and O–H groups in total. The highest BCUT2D eigenvalue weighted by Crippen LogP contribution is 2.34. The Kier molecular flexibility index (Phi) is 4.76. The lowest BCUT2D eigenvalue weighted by Gasteiger charge is -2.24. The van der Waals surface area contributed by atoms with E-state index in [1.807, 2.05) is 49.4 Å². The van der Waals surface area contributed by atoms with E-state index in [2.05, 4.69) is 17.0 Å². The first kappa shape index (κ1) is 16.9. The molecule has 3 aromatic rings. The van der Waals surface area contributed by atoms with E-state index in [0.29, 0.717) is 11.9 Å². The number of hydrogen-bond acceptors (Lipinski definition) is 4. The van der Waals surface area contributed by atoms with E-state index >= 15 is 0 Å². The quantitative estimate of drug-likeness (QED) is 0.651. The Morgan fingerprint density at radius 1 is 1.12 bits per heavy atom. The van der Waals surface area contributed by atoms with Crippen LogP contribution in [0.3, 0.4) is 0 Å². The minimum atomic E-state index is 0.428. The van der Waals surface area contributed by atoms with Crippen LogP contribution in [0.25, 0.3) is 11.5 Å². The number of methoxy groups -OCH3 is 1. The van der Waals surface area contributed by atoms with E-state index in [1.165, 1.54) is 18.4 Å². The molecule has 2 aromatic carbocycles. The fourth-order valence-corrected chi connectivity index (χ4v) is 3.69. The highest BCUT2D eigenvalue weighted by Gasteiger charge is 2.27. The van der Waals surface area contributed by atoms with Gasteiger partial charge in [-0.05, 0) is 56.1 Å². The molecule has 0 spiro atoms. The SMILES string of the molecule is COc1ccc([C@H]2CCCN2Cc2nc(-c3ccccc3)oc2C)cc1. The van der Waals surface area contributed by atoms with Crippen molar-refractivity contribution < 1.29 is 9.15 Å². The molecule has 1 aliphatic heterocycles. The number of nitrogens with zero attached hydrogens (tertiary/aromatic N) is 2. The van der Waals surface area contributed by atoms with E-state index < -0.39 is 0 Å². The number of aromatic nitrogens is 1. The molecule has 0 saturated carbocycles. The van der Waals surface area contributed by atoms with Crippen LogP contribution in [0, 0.1) is 6.92 Å². The van der Waals surface area contributed by atoms with Crippen molar-refractivity contribution >= 4 is 0 Å². The average molecular weight is 348 g/mol. The second-order valence-corrected chi connectivity index (χ2v) is 6.79. The van der Waals surface area contributed by atoms with Crippen molar-refractivity contribution in [3.63, 3.8) is 0 Å². The van der Waals surface area contributed by atoms with Crippen LogP contribution in [0.5, 0.6) is 5.75 Å². The zero-order valence-corrected chi connectivity index (χ0v) is 15.3. The van der Waals surface area contributed by atoms with Gasteiger partial charge in [0, 0.05) is 18.2 Å². The largest absolute Gasteiger partial charge is 0.497 e. The maximum absolute atomic E-state index is 5.93. The van der Waals surface area contributed by atoms with E-state index in [-0.39, 0.29) is 0 Å². The van der Waals surface area contributed by atoms with Crippen LogP contribution in [-0.4, -0.2) is 23.5 Å². The topological polar surface area (TPSA) is 38.5 Å². The molecule has 1 aliphatic rings. The first-order valence-electron chi connectivity index (χ1n) is 9.14. The summed E-state index contributed by atoms with van der Waals surface area (Å²) < 4.78 is 11.2. The predicted octanol–water partition coefficient (Wildman–Crippen LogP) is 5.00. The van der Waals surface area contributed by atoms with Crippen molar-refractivity contribution in [3.8, 4) is 17.2 Å². The van der Waals surface area contributed by atoms with Gasteiger partial charge in [0.2, 0.25) is 5.89 Å². The zero-order chi connectivity index (χ0) is 17.9. The highest BCUT2D eigenvalue weighted by atomic mass is 16.5. The lowest BCUT2D eigenvalue weighted by molar-refractivity contribution is 0.244. The predicted molar refractivity (Wildman–Crippen MR) is 102 cm³/mol. The number of rotatable bonds is 5. The third-order valence-corrected chi connectivity index (χ3v) is 5.13. The number of benzene rings is 2. The standard InChI is InChI=1S/C22H24N2O2/c1-16-20(23-22(26-16)18-7-4-3-5-8-18)15-24-14-6-9-21(24)17-10-12-19(25-2)13-11-17/h3-5,7-8,10-13,21H,6,9,14-15H2,1-2H3/t21-/m1/s1. The van der Waals surface area contributed by atoms with Crippen LogP contribution in [0.2, 0.25) is 0 Å². The fraction of sp³-hybridized carbons (Fsp3) is 0.318. The van der Waals surface area contributed by atoms with Crippen LogP contribution >= 0.6 is 0 Å². The molecule has 4 rings (SSSR count). The van der Waals surface area contributed by atoms with Gasteiger partial charge in [-0.2, -0.15) is 0 Å². The van der Waals surface area contributed by atoms with Crippen LogP contribution < -0.4 is 4.74 Å². The molecule has 2 heterocycles. The summed E-state index contributed by atoms with van der Waals surface area (Å²) in [5, 5.41) is 0. The fourth-order valence-electron chi connectivity index (χ4n) is 3.69. The van der Waals surface area contributed by atoms with Gasteiger partial charge in [0.15, 0.2) is 0 Å². The lowest BCUT2D eigenvalue weighted by Crippen LogP contribution is -2.23. The Balaban J connectivity index is 1.53. The van der Waals surface area contributed by atoms with Gasteiger partial charge >= 0.3 is 0 Å². The van der Waals surface area contributed by atoms with Crippen molar-refractivity contribution in [2.24, 2.45) is 0 Å². The summed E-state index contributed by atoms with van der Waals surface area (Å²) in [5.41, 5.74) is 3.40. The second-order valence-electron chi connectivity index (χ2n) is 6.79. The van der Waals surface area contributed by atoms with Crippen molar-refractivity contribution in [2.75, 3.05) is 13.7 Å². The summed E-state index contributed by atoms with van der Waals surface area (Å²) in [4.78, 5) is 7.27. The van der Waals surface area contributed by atoms with E-state index in [0.717, 1.165) is 35.9 Å². The normalized spacial score (nSPS) is 17.5. The summed E-state index contributed by atoms with van der Waals surface area (Å²) in [5.74, 6) is 2.51. The van der Waals surface area contributed by atoms with Gasteiger partial charge in [-0.3, -0.25) is 4.90 Å². The summed E-state index contributed by atoms with van der Waals surface area (Å²) in [6.45, 7) is 3.91. The molecular weight excluding hydrogens is 324 g/mol. The van der Waals surface area contributed by atoms with Gasteiger partial charge in [0.05, 0.1) is 12.8 Å². The zero-order valence-electron chi connectivity index (χ0n) is 15.3. The molecule has 26 heavy (non-hydrogen) atoms. The summed E-state index contributed by atoms with van der Waals surface area (Å²) in [6, 6.07) is 18.9. The number of hydrogen-bond donors (Lipinski definition) is 0. The maximum Gasteiger partial charge on any atom is 0.226 e. The Morgan fingerprint density at radius 3 is 2.62 bits per heavy atom. The summed E-state index contributed by atoms with van der Waals surface area (Å²) in [6.07, 6.45) is 2.38. The molecule has 4 nitrogen and oxygen atoms in total. The van der Waals surface area contributed by atoms with Gasteiger partial charge < -0.3 is 9.15 Å². The molecule has 0 bridgehead atoms. The highest BCUT2D eigenvalue weighted by molar-refractivity contribution is 5.53. The molecule has 1 saturated heterocycles. The van der Waals surface area contributed by atoms with Crippen molar-refractivity contribution in [3.05, 3.63) is 71.6 Å². The molecule has 1 aromatic heterocycles. The number of oxazole rings is 1. The molecule has 134 valence electrons. The molecule has 1 atom stereocenters. The molecule has 0 radical (unpaired) electrons. The van der Waals surface area contributed by atoms with Gasteiger partial charge in [0.25, 0.3) is 0 Å². The molecule has 1 fully saturated rings. The van der Waals surface area contributed by atoms with Gasteiger partial charge in [-0.1, -0.05) is 30.3 Å². The van der Waals surface area contributed by atoms with E-state index in [9.17, 15) is 0 Å². The molecule has 0 unspecified atom stereocenters. The second kappa shape index (κ2) is 7.34. The smallest absolute Gasteiger partial charge is 0.226 e. The Labute approximate surface area is 154 Å². The van der Waals surface area contributed by atoms with Crippen molar-refractivity contribution in [2.45, 2.75) is 32.4 Å². The average Bonchev–Trinajstić information content (AvgIpc) is 3.30. The number of likely N-dealkylation sites (tertiary alicyclic amines) is 1. The Hall–Kier alpha value is -2.59. The van der Waals surface area contributed by atoms with Crippen LogP contribution in [0.4, 0.5) is 0 Å². The molecule has 4 heteroatoms. The first-order chi connectivity index (χ1) is 12.7. The first-order valence-corrected chi connectivity index (χ1v) is 9.14. The minimum absolute atomic E-state index is 0.428. The van der Waals surface area contributed by atoms with Crippen LogP contribution in [-0.2, 0) is 6.54 Å². The molecule has 0 aliphatic carbocycles. The number of ether oxygens (including phenoxy) is 1. The monoisotopic (exact) mass is 348 g/mol. The summed E-state index contributed by atoms with van der Waals surface area (Å²) in [7, 11) is 1.70. The third kappa shape index (κ3) is 3.37. The molecule has 0 amide bonds. The lowest BCUT2D eigenvalue weighted by atomic mass is 10.0. The van der Waals surface area contributed by atoms with Gasteiger partial charge in [-0.15, -0.1) is 0 Å². The van der Waals surface area contributed by atoms with Crippen molar-refractivity contribution in [1.29, 1.82) is 0 Å².